The molecule has 0 radical (unpaired) electrons. The Labute approximate surface area is 148 Å². The van der Waals surface area contributed by atoms with Gasteiger partial charge in [-0.25, -0.2) is 0 Å². The molecule has 0 saturated carbocycles. The van der Waals surface area contributed by atoms with Gasteiger partial charge in [-0.2, -0.15) is 0 Å². The van der Waals surface area contributed by atoms with Crippen LogP contribution in [0.2, 0.25) is 0 Å². The Balaban J connectivity index is 1.74. The molecular weight excluding hydrogens is 314 g/mol. The van der Waals surface area contributed by atoms with E-state index >= 15 is 0 Å². The van der Waals surface area contributed by atoms with E-state index in [1.807, 2.05) is 36.4 Å². The second kappa shape index (κ2) is 7.51. The van der Waals surface area contributed by atoms with Crippen molar-refractivity contribution in [3.8, 4) is 11.1 Å². The number of rotatable bonds is 5. The number of ketones is 1. The molecule has 0 amide bonds. The standard InChI is InChI=1S/C21H23NO3/c1-2-25-20(23)12-8-15-3-4-17-13-16(7-11-19(17)21(15)24)14-5-9-18(22)10-6-14/h5-7,9-11,13,15H,2-4,8,12,22H2,1H3. The lowest BCUT2D eigenvalue weighted by Crippen LogP contribution is -2.23. The van der Waals surface area contributed by atoms with Crippen molar-refractivity contribution in [1.82, 2.24) is 0 Å². The van der Waals surface area contributed by atoms with Crippen LogP contribution in [0.5, 0.6) is 0 Å². The molecule has 25 heavy (non-hydrogen) atoms. The molecule has 2 N–H and O–H groups in total. The van der Waals surface area contributed by atoms with Gasteiger partial charge < -0.3 is 10.5 Å². The summed E-state index contributed by atoms with van der Waals surface area (Å²) < 4.78 is 4.95. The Morgan fingerprint density at radius 3 is 2.60 bits per heavy atom. The largest absolute Gasteiger partial charge is 0.466 e. The van der Waals surface area contributed by atoms with Crippen LogP contribution in [0, 0.1) is 5.92 Å². The van der Waals surface area contributed by atoms with Crippen molar-refractivity contribution in [3.63, 3.8) is 0 Å². The van der Waals surface area contributed by atoms with Crippen molar-refractivity contribution in [3.05, 3.63) is 53.6 Å². The summed E-state index contributed by atoms with van der Waals surface area (Å²) in [4.78, 5) is 24.2. The van der Waals surface area contributed by atoms with Crippen molar-refractivity contribution in [2.45, 2.75) is 32.6 Å². The Kier molecular flexibility index (Phi) is 5.17. The van der Waals surface area contributed by atoms with Crippen LogP contribution in [-0.2, 0) is 16.0 Å². The van der Waals surface area contributed by atoms with E-state index < -0.39 is 0 Å². The summed E-state index contributed by atoms with van der Waals surface area (Å²) in [6, 6.07) is 13.7. The molecule has 2 aromatic rings. The van der Waals surface area contributed by atoms with E-state index in [1.54, 1.807) is 6.92 Å². The first kappa shape index (κ1) is 17.2. The van der Waals surface area contributed by atoms with Gasteiger partial charge in [-0.15, -0.1) is 0 Å². The fourth-order valence-electron chi connectivity index (χ4n) is 3.38. The van der Waals surface area contributed by atoms with Crippen LogP contribution in [-0.4, -0.2) is 18.4 Å². The first-order chi connectivity index (χ1) is 12.1. The summed E-state index contributed by atoms with van der Waals surface area (Å²) in [6.45, 7) is 2.17. The summed E-state index contributed by atoms with van der Waals surface area (Å²) in [5.41, 5.74) is 10.5. The van der Waals surface area contributed by atoms with Crippen LogP contribution in [0.3, 0.4) is 0 Å². The summed E-state index contributed by atoms with van der Waals surface area (Å²) in [5.74, 6) is -0.159. The SMILES string of the molecule is CCOC(=O)CCC1CCc2cc(-c3ccc(N)cc3)ccc2C1=O. The zero-order chi connectivity index (χ0) is 17.8. The molecule has 1 unspecified atom stereocenters. The Morgan fingerprint density at radius 2 is 1.88 bits per heavy atom. The molecule has 3 rings (SSSR count). The number of aryl methyl sites for hydroxylation is 1. The number of carbonyl (C=O) groups is 2. The number of esters is 1. The highest BCUT2D eigenvalue weighted by Gasteiger charge is 2.28. The second-order valence-corrected chi connectivity index (χ2v) is 6.44. The Morgan fingerprint density at radius 1 is 1.16 bits per heavy atom. The molecule has 0 spiro atoms. The van der Waals surface area contributed by atoms with Crippen molar-refractivity contribution < 1.29 is 14.3 Å². The van der Waals surface area contributed by atoms with Gasteiger partial charge in [0.1, 0.15) is 0 Å². The zero-order valence-electron chi connectivity index (χ0n) is 14.5. The van der Waals surface area contributed by atoms with Crippen molar-refractivity contribution in [2.24, 2.45) is 5.92 Å². The Bertz CT molecular complexity index is 780. The monoisotopic (exact) mass is 337 g/mol. The Hall–Kier alpha value is -2.62. The van der Waals surface area contributed by atoms with E-state index in [2.05, 4.69) is 6.07 Å². The van der Waals surface area contributed by atoms with Crippen LogP contribution in [0.15, 0.2) is 42.5 Å². The summed E-state index contributed by atoms with van der Waals surface area (Å²) in [5, 5.41) is 0. The lowest BCUT2D eigenvalue weighted by molar-refractivity contribution is -0.143. The van der Waals surface area contributed by atoms with Gasteiger partial charge in [-0.05, 0) is 55.0 Å². The minimum absolute atomic E-state index is 0.0840. The maximum absolute atomic E-state index is 12.7. The van der Waals surface area contributed by atoms with Gasteiger partial charge in [-0.3, -0.25) is 9.59 Å². The molecule has 1 atom stereocenters. The van der Waals surface area contributed by atoms with E-state index in [-0.39, 0.29) is 17.7 Å². The van der Waals surface area contributed by atoms with Crippen LogP contribution in [0.25, 0.3) is 11.1 Å². The molecule has 0 saturated heterocycles. The molecule has 2 aromatic carbocycles. The van der Waals surface area contributed by atoms with E-state index in [0.717, 1.165) is 40.8 Å². The number of fused-ring (bicyclic) bond motifs is 1. The molecule has 4 nitrogen and oxygen atoms in total. The average molecular weight is 337 g/mol. The average Bonchev–Trinajstić information content (AvgIpc) is 2.62. The topological polar surface area (TPSA) is 69.4 Å². The van der Waals surface area contributed by atoms with Gasteiger partial charge in [0.05, 0.1) is 6.61 Å². The predicted molar refractivity (Wildman–Crippen MR) is 98.3 cm³/mol. The highest BCUT2D eigenvalue weighted by Crippen LogP contribution is 2.32. The van der Waals surface area contributed by atoms with Gasteiger partial charge in [0.25, 0.3) is 0 Å². The lowest BCUT2D eigenvalue weighted by Gasteiger charge is -2.23. The molecule has 0 aliphatic heterocycles. The number of anilines is 1. The van der Waals surface area contributed by atoms with Crippen molar-refractivity contribution >= 4 is 17.4 Å². The number of nitrogens with two attached hydrogens (primary N) is 1. The third-order valence-electron chi connectivity index (χ3n) is 4.75. The smallest absolute Gasteiger partial charge is 0.305 e. The zero-order valence-corrected chi connectivity index (χ0v) is 14.5. The molecule has 0 heterocycles. The molecule has 4 heteroatoms. The van der Waals surface area contributed by atoms with E-state index in [9.17, 15) is 9.59 Å². The van der Waals surface area contributed by atoms with Gasteiger partial charge in [0.15, 0.2) is 5.78 Å². The summed E-state index contributed by atoms with van der Waals surface area (Å²) in [6.07, 6.45) is 2.52. The van der Waals surface area contributed by atoms with Gasteiger partial charge in [-0.1, -0.05) is 30.3 Å². The number of Topliss-reactive ketones (excluding diaryl/α,β-unsaturated/α-hetero) is 1. The van der Waals surface area contributed by atoms with E-state index in [0.29, 0.717) is 19.4 Å². The first-order valence-electron chi connectivity index (χ1n) is 8.77. The normalized spacial score (nSPS) is 16.4. The van der Waals surface area contributed by atoms with Crippen LogP contribution >= 0.6 is 0 Å². The van der Waals surface area contributed by atoms with Crippen molar-refractivity contribution in [2.75, 3.05) is 12.3 Å². The highest BCUT2D eigenvalue weighted by molar-refractivity contribution is 6.00. The summed E-state index contributed by atoms with van der Waals surface area (Å²) >= 11 is 0. The number of ether oxygens (including phenoxy) is 1. The van der Waals surface area contributed by atoms with Crippen LogP contribution in [0.4, 0.5) is 5.69 Å². The number of carbonyl (C=O) groups excluding carboxylic acids is 2. The minimum Gasteiger partial charge on any atom is -0.466 e. The van der Waals surface area contributed by atoms with E-state index in [1.165, 1.54) is 0 Å². The van der Waals surface area contributed by atoms with E-state index in [4.69, 9.17) is 10.5 Å². The molecular formula is C21H23NO3. The molecule has 1 aliphatic rings. The summed E-state index contributed by atoms with van der Waals surface area (Å²) in [7, 11) is 0. The van der Waals surface area contributed by atoms with Gasteiger partial charge >= 0.3 is 5.97 Å². The third kappa shape index (κ3) is 3.90. The molecule has 0 aromatic heterocycles. The van der Waals surface area contributed by atoms with Gasteiger partial charge in [0, 0.05) is 23.6 Å². The molecule has 0 fully saturated rings. The van der Waals surface area contributed by atoms with Gasteiger partial charge in [0.2, 0.25) is 0 Å². The quantitative estimate of drug-likeness (QED) is 0.661. The molecule has 130 valence electrons. The number of nitrogen functional groups attached to an aromatic ring is 1. The molecule has 1 aliphatic carbocycles. The van der Waals surface area contributed by atoms with Crippen LogP contribution in [0.1, 0.15) is 42.1 Å². The maximum atomic E-state index is 12.7. The number of benzene rings is 2. The minimum atomic E-state index is -0.222. The second-order valence-electron chi connectivity index (χ2n) is 6.44. The molecule has 0 bridgehead atoms. The predicted octanol–water partition coefficient (Wildman–Crippen LogP) is 4.02. The van der Waals surface area contributed by atoms with Crippen molar-refractivity contribution in [1.29, 1.82) is 0 Å². The maximum Gasteiger partial charge on any atom is 0.305 e. The fraction of sp³-hybridized carbons (Fsp3) is 0.333. The first-order valence-corrected chi connectivity index (χ1v) is 8.77. The highest BCUT2D eigenvalue weighted by atomic mass is 16.5. The fourth-order valence-corrected chi connectivity index (χ4v) is 3.38. The van der Waals surface area contributed by atoms with Crippen LogP contribution < -0.4 is 5.73 Å². The number of hydrogen-bond acceptors (Lipinski definition) is 4. The lowest BCUT2D eigenvalue weighted by atomic mass is 9.79. The number of hydrogen-bond donors (Lipinski definition) is 1. The third-order valence-corrected chi connectivity index (χ3v) is 4.75.